The van der Waals surface area contributed by atoms with E-state index in [1.807, 2.05) is 22.7 Å². The van der Waals surface area contributed by atoms with Gasteiger partial charge in [-0.05, 0) is 63.5 Å². The molecule has 252 valence electrons. The summed E-state index contributed by atoms with van der Waals surface area (Å²) in [6.07, 6.45) is 6.78. The highest BCUT2D eigenvalue weighted by Crippen LogP contribution is 2.51. The minimum absolute atomic E-state index is 0.883. The minimum atomic E-state index is 0.883. The standard InChI is InChI=1S/C48H27N3S3/c1-2-13-27-26(12-1)24-25-34-40-30-16-4-3-15-29(30)39-32-17-5-8-21-36(32)51(43(39)46(40)54-44(27)34)47-41(49-42-33-18-7-10-23-38(33)53-48(42)50-47)35-20-11-19-31-28-14-6-9-22-37(28)52-45(31)35/h1-5,7-13,15-25H,6,14H2. The maximum absolute atomic E-state index is 5.73. The molecule has 54 heavy (non-hydrogen) atoms. The second-order valence-corrected chi connectivity index (χ2v) is 17.4. The molecule has 0 bridgehead atoms. The number of rotatable bonds is 2. The molecular formula is C48H27N3S3. The molecule has 0 saturated heterocycles. The third-order valence-corrected chi connectivity index (χ3v) is 15.0. The van der Waals surface area contributed by atoms with Crippen molar-refractivity contribution in [2.24, 2.45) is 0 Å². The van der Waals surface area contributed by atoms with Crippen molar-refractivity contribution in [2.45, 2.75) is 12.8 Å². The van der Waals surface area contributed by atoms with E-state index in [1.165, 1.54) is 83.2 Å². The lowest BCUT2D eigenvalue weighted by molar-refractivity contribution is 1.01. The first kappa shape index (κ1) is 29.5. The van der Waals surface area contributed by atoms with Gasteiger partial charge in [-0.15, -0.1) is 34.0 Å². The number of nitrogens with zero attached hydrogens (tertiary/aromatic N) is 3. The van der Waals surface area contributed by atoms with Crippen molar-refractivity contribution in [3.63, 3.8) is 0 Å². The highest BCUT2D eigenvalue weighted by molar-refractivity contribution is 7.28. The van der Waals surface area contributed by atoms with Crippen LogP contribution in [0.25, 0.3) is 117 Å². The normalized spacial score (nSPS) is 13.3. The van der Waals surface area contributed by atoms with Crippen LogP contribution in [0.15, 0.2) is 133 Å². The van der Waals surface area contributed by atoms with E-state index in [4.69, 9.17) is 9.97 Å². The van der Waals surface area contributed by atoms with Crippen LogP contribution in [0.2, 0.25) is 0 Å². The van der Waals surface area contributed by atoms with Gasteiger partial charge in [-0.25, -0.2) is 9.97 Å². The average Bonchev–Trinajstić information content (AvgIpc) is 3.99. The van der Waals surface area contributed by atoms with E-state index in [9.17, 15) is 0 Å². The zero-order chi connectivity index (χ0) is 35.1. The molecule has 0 unspecified atom stereocenters. The fourth-order valence-corrected chi connectivity index (χ4v) is 12.9. The van der Waals surface area contributed by atoms with Crippen molar-refractivity contribution in [3.8, 4) is 17.1 Å². The molecule has 5 heterocycles. The fourth-order valence-electron chi connectivity index (χ4n) is 9.16. The van der Waals surface area contributed by atoms with Crippen LogP contribution in [-0.2, 0) is 6.42 Å². The first-order chi connectivity index (χ1) is 26.8. The lowest BCUT2D eigenvalue weighted by Gasteiger charge is -2.14. The molecule has 0 radical (unpaired) electrons. The third-order valence-electron chi connectivity index (χ3n) is 11.5. The minimum Gasteiger partial charge on any atom is -0.290 e. The number of benzene rings is 7. The molecule has 12 aromatic rings. The predicted octanol–water partition coefficient (Wildman–Crippen LogP) is 14.5. The molecule has 0 amide bonds. The molecule has 0 spiro atoms. The Morgan fingerprint density at radius 2 is 1.30 bits per heavy atom. The number of aromatic nitrogens is 3. The van der Waals surface area contributed by atoms with E-state index in [-0.39, 0.29) is 0 Å². The Morgan fingerprint density at radius 1 is 0.537 bits per heavy atom. The maximum atomic E-state index is 5.73. The summed E-state index contributed by atoms with van der Waals surface area (Å²) in [5.74, 6) is 0.883. The molecule has 6 heteroatoms. The van der Waals surface area contributed by atoms with Crippen molar-refractivity contribution in [1.29, 1.82) is 0 Å². The SMILES string of the molecule is C1=Cc2sc3c(-c4nc5c(nc4-n4c6ccccc6c6c7ccccc7c7c8ccc9ccccc9c8sc7c64)sc4ccccc45)cccc3c2CC1. The molecule has 1 aliphatic carbocycles. The Hall–Kier alpha value is -5.92. The number of thiophene rings is 3. The Balaban J connectivity index is 1.27. The molecule has 1 aliphatic rings. The third kappa shape index (κ3) is 3.84. The van der Waals surface area contributed by atoms with Gasteiger partial charge in [0.25, 0.3) is 0 Å². The van der Waals surface area contributed by atoms with Gasteiger partial charge in [0.1, 0.15) is 16.0 Å². The topological polar surface area (TPSA) is 30.7 Å². The van der Waals surface area contributed by atoms with E-state index in [2.05, 4.69) is 144 Å². The van der Waals surface area contributed by atoms with Crippen molar-refractivity contribution >= 4 is 134 Å². The second kappa shape index (κ2) is 10.8. The van der Waals surface area contributed by atoms with E-state index < -0.39 is 0 Å². The summed E-state index contributed by atoms with van der Waals surface area (Å²) in [7, 11) is 0. The van der Waals surface area contributed by atoms with Crippen LogP contribution in [0.4, 0.5) is 0 Å². The predicted molar refractivity (Wildman–Crippen MR) is 235 cm³/mol. The van der Waals surface area contributed by atoms with Crippen LogP contribution in [0.3, 0.4) is 0 Å². The van der Waals surface area contributed by atoms with Gasteiger partial charge in [0.05, 0.1) is 15.7 Å². The van der Waals surface area contributed by atoms with Crippen LogP contribution in [0.5, 0.6) is 0 Å². The van der Waals surface area contributed by atoms with Crippen molar-refractivity contribution < 1.29 is 0 Å². The van der Waals surface area contributed by atoms with Crippen LogP contribution in [0.1, 0.15) is 16.9 Å². The molecule has 3 nitrogen and oxygen atoms in total. The molecule has 5 aromatic heterocycles. The maximum Gasteiger partial charge on any atom is 0.166 e. The van der Waals surface area contributed by atoms with Crippen LogP contribution in [0, 0.1) is 0 Å². The summed E-state index contributed by atoms with van der Waals surface area (Å²) in [6.45, 7) is 0. The quantitative estimate of drug-likeness (QED) is 0.177. The summed E-state index contributed by atoms with van der Waals surface area (Å²) in [6, 6.07) is 46.7. The Kier molecular flexibility index (Phi) is 5.92. The summed E-state index contributed by atoms with van der Waals surface area (Å²) in [4.78, 5) is 13.8. The average molecular weight is 742 g/mol. The zero-order valence-electron chi connectivity index (χ0n) is 28.8. The lowest BCUT2D eigenvalue weighted by atomic mass is 9.98. The highest BCUT2D eigenvalue weighted by atomic mass is 32.1. The summed E-state index contributed by atoms with van der Waals surface area (Å²) in [5.41, 5.74) is 6.84. The fraction of sp³-hybridized carbons (Fsp3) is 0.0417. The number of hydrogen-bond acceptors (Lipinski definition) is 5. The Labute approximate surface area is 320 Å². The molecule has 0 N–H and O–H groups in total. The highest BCUT2D eigenvalue weighted by Gasteiger charge is 2.27. The van der Waals surface area contributed by atoms with E-state index in [1.54, 1.807) is 11.3 Å². The first-order valence-electron chi connectivity index (χ1n) is 18.4. The first-order valence-corrected chi connectivity index (χ1v) is 20.8. The zero-order valence-corrected chi connectivity index (χ0v) is 31.2. The van der Waals surface area contributed by atoms with Gasteiger partial charge in [-0.1, -0.05) is 121 Å². The number of para-hydroxylation sites is 1. The Morgan fingerprint density at radius 3 is 2.20 bits per heavy atom. The van der Waals surface area contributed by atoms with Crippen LogP contribution < -0.4 is 0 Å². The monoisotopic (exact) mass is 741 g/mol. The second-order valence-electron chi connectivity index (χ2n) is 14.3. The largest absolute Gasteiger partial charge is 0.290 e. The van der Waals surface area contributed by atoms with Gasteiger partial charge in [0, 0.05) is 51.5 Å². The molecule has 7 aromatic carbocycles. The molecule has 0 fully saturated rings. The molecule has 0 saturated carbocycles. The van der Waals surface area contributed by atoms with Crippen LogP contribution >= 0.6 is 34.0 Å². The van der Waals surface area contributed by atoms with Gasteiger partial charge >= 0.3 is 0 Å². The molecular weight excluding hydrogens is 715 g/mol. The number of fused-ring (bicyclic) bond motifs is 18. The van der Waals surface area contributed by atoms with Crippen molar-refractivity contribution in [3.05, 3.63) is 144 Å². The van der Waals surface area contributed by atoms with Crippen molar-refractivity contribution in [2.75, 3.05) is 0 Å². The summed E-state index contributed by atoms with van der Waals surface area (Å²) < 4.78 is 7.57. The van der Waals surface area contributed by atoms with Gasteiger partial charge < -0.3 is 0 Å². The van der Waals surface area contributed by atoms with Gasteiger partial charge in [0.2, 0.25) is 0 Å². The summed E-state index contributed by atoms with van der Waals surface area (Å²) in [5, 5.41) is 12.7. The van der Waals surface area contributed by atoms with Gasteiger partial charge in [-0.3, -0.25) is 4.57 Å². The molecule has 0 aliphatic heterocycles. The van der Waals surface area contributed by atoms with E-state index in [0.29, 0.717) is 0 Å². The van der Waals surface area contributed by atoms with Gasteiger partial charge in [0.15, 0.2) is 5.82 Å². The van der Waals surface area contributed by atoms with Crippen molar-refractivity contribution in [1.82, 2.24) is 14.5 Å². The number of aryl methyl sites for hydroxylation is 1. The van der Waals surface area contributed by atoms with Crippen LogP contribution in [-0.4, -0.2) is 14.5 Å². The Bertz CT molecular complexity index is 3630. The van der Waals surface area contributed by atoms with Gasteiger partial charge in [-0.2, -0.15) is 0 Å². The number of allylic oxidation sites excluding steroid dienone is 1. The van der Waals surface area contributed by atoms with E-state index in [0.717, 1.165) is 51.2 Å². The summed E-state index contributed by atoms with van der Waals surface area (Å²) >= 11 is 5.55. The molecule has 13 rings (SSSR count). The van der Waals surface area contributed by atoms with E-state index >= 15 is 0 Å². The smallest absolute Gasteiger partial charge is 0.166 e. The number of hydrogen-bond donors (Lipinski definition) is 0. The molecule has 0 atom stereocenters. The lowest BCUT2D eigenvalue weighted by Crippen LogP contribution is -2.03.